The van der Waals surface area contributed by atoms with Gasteiger partial charge in [0.15, 0.2) is 0 Å². The highest BCUT2D eigenvalue weighted by atomic mass is 32.2. The molecule has 1 amide bonds. The van der Waals surface area contributed by atoms with Crippen molar-refractivity contribution in [3.8, 4) is 11.5 Å². The van der Waals surface area contributed by atoms with Gasteiger partial charge >= 0.3 is 0 Å². The van der Waals surface area contributed by atoms with Crippen LogP contribution in [-0.2, 0) is 14.8 Å². The van der Waals surface area contributed by atoms with Crippen LogP contribution in [0.15, 0.2) is 83.8 Å². The van der Waals surface area contributed by atoms with Gasteiger partial charge in [-0.3, -0.25) is 14.3 Å². The van der Waals surface area contributed by atoms with Crippen LogP contribution in [0.5, 0.6) is 11.5 Å². The summed E-state index contributed by atoms with van der Waals surface area (Å²) < 4.78 is 38.4. The molecular formula is C24H24N2O6S. The van der Waals surface area contributed by atoms with Crippen molar-refractivity contribution in [3.05, 3.63) is 90.0 Å². The number of sulfonamides is 1. The minimum Gasteiger partial charge on any atom is -0.497 e. The summed E-state index contributed by atoms with van der Waals surface area (Å²) in [6.07, 6.45) is 1.24. The van der Waals surface area contributed by atoms with E-state index in [0.717, 1.165) is 9.87 Å². The van der Waals surface area contributed by atoms with Crippen molar-refractivity contribution >= 4 is 27.2 Å². The van der Waals surface area contributed by atoms with Crippen LogP contribution in [0.1, 0.15) is 11.1 Å². The molecule has 0 aliphatic carbocycles. The predicted molar refractivity (Wildman–Crippen MR) is 125 cm³/mol. The van der Waals surface area contributed by atoms with E-state index in [4.69, 9.17) is 14.7 Å². The molecule has 3 aromatic rings. The lowest BCUT2D eigenvalue weighted by Gasteiger charge is -2.22. The zero-order valence-corrected chi connectivity index (χ0v) is 19.2. The fourth-order valence-electron chi connectivity index (χ4n) is 3.26. The van der Waals surface area contributed by atoms with Gasteiger partial charge in [0, 0.05) is 19.2 Å². The number of carbonyl (C=O) groups excluding carboxylic acids is 1. The number of ether oxygens (including phenoxy) is 2. The molecule has 0 saturated heterocycles. The Bertz CT molecular complexity index is 1270. The standard InChI is InChI=1S/C24H24N2O6S/c1-26(33(29,30)23-15-20(31-2)12-13-22(23)32-3)19-11-7-10-18(14-19)21(16-24(27)25-28)17-8-5-4-6-9-17/h4-16,28H,1-3H3,(H,25,27). The Morgan fingerprint density at radius 3 is 2.27 bits per heavy atom. The first-order valence-corrected chi connectivity index (χ1v) is 11.3. The molecule has 3 aromatic carbocycles. The fourth-order valence-corrected chi connectivity index (χ4v) is 4.61. The maximum absolute atomic E-state index is 13.4. The molecule has 0 fully saturated rings. The fraction of sp³-hybridized carbons (Fsp3) is 0.125. The van der Waals surface area contributed by atoms with Gasteiger partial charge in [0.2, 0.25) is 0 Å². The van der Waals surface area contributed by atoms with Crippen LogP contribution in [-0.4, -0.2) is 40.8 Å². The van der Waals surface area contributed by atoms with Gasteiger partial charge in [0.25, 0.3) is 15.9 Å². The molecule has 8 nitrogen and oxygen atoms in total. The second-order valence-electron chi connectivity index (χ2n) is 6.94. The molecule has 3 rings (SSSR count). The summed E-state index contributed by atoms with van der Waals surface area (Å²) in [7, 11) is 0.261. The van der Waals surface area contributed by atoms with Crippen molar-refractivity contribution in [2.45, 2.75) is 4.90 Å². The van der Waals surface area contributed by atoms with Crippen molar-refractivity contribution in [2.24, 2.45) is 0 Å². The predicted octanol–water partition coefficient (Wildman–Crippen LogP) is 3.47. The molecule has 9 heteroatoms. The SMILES string of the molecule is COc1ccc(OC)c(S(=O)(=O)N(C)c2cccc(C(=CC(=O)NO)c3ccccc3)c2)c1. The molecule has 0 spiro atoms. The molecule has 0 atom stereocenters. The Kier molecular flexibility index (Phi) is 7.37. The quantitative estimate of drug-likeness (QED) is 0.298. The average Bonchev–Trinajstić information content (AvgIpc) is 2.86. The Morgan fingerprint density at radius 1 is 0.939 bits per heavy atom. The summed E-state index contributed by atoms with van der Waals surface area (Å²) in [5.74, 6) is -0.148. The molecule has 0 aliphatic rings. The van der Waals surface area contributed by atoms with Crippen molar-refractivity contribution in [1.29, 1.82) is 0 Å². The highest BCUT2D eigenvalue weighted by Gasteiger charge is 2.26. The Balaban J connectivity index is 2.09. The van der Waals surface area contributed by atoms with Crippen LogP contribution in [0, 0.1) is 0 Å². The third-order valence-electron chi connectivity index (χ3n) is 5.00. The van der Waals surface area contributed by atoms with E-state index >= 15 is 0 Å². The first-order valence-electron chi connectivity index (χ1n) is 9.84. The topological polar surface area (TPSA) is 105 Å². The summed E-state index contributed by atoms with van der Waals surface area (Å²) >= 11 is 0. The van der Waals surface area contributed by atoms with E-state index in [0.29, 0.717) is 22.6 Å². The second kappa shape index (κ2) is 10.2. The van der Waals surface area contributed by atoms with Gasteiger partial charge < -0.3 is 9.47 Å². The smallest absolute Gasteiger partial charge is 0.267 e. The van der Waals surface area contributed by atoms with Gasteiger partial charge in [-0.15, -0.1) is 0 Å². The number of rotatable bonds is 8. The van der Waals surface area contributed by atoms with E-state index in [1.807, 2.05) is 30.3 Å². The molecular weight excluding hydrogens is 444 g/mol. The first kappa shape index (κ1) is 23.8. The minimum absolute atomic E-state index is 0.0456. The Morgan fingerprint density at radius 2 is 1.64 bits per heavy atom. The average molecular weight is 469 g/mol. The molecule has 33 heavy (non-hydrogen) atoms. The molecule has 0 saturated carbocycles. The lowest BCUT2D eigenvalue weighted by Crippen LogP contribution is -2.27. The number of nitrogens with zero attached hydrogens (tertiary/aromatic N) is 1. The van der Waals surface area contributed by atoms with Crippen LogP contribution in [0.4, 0.5) is 5.69 Å². The molecule has 0 aliphatic heterocycles. The highest BCUT2D eigenvalue weighted by molar-refractivity contribution is 7.93. The Hall–Kier alpha value is -3.82. The monoisotopic (exact) mass is 468 g/mol. The third kappa shape index (κ3) is 5.16. The molecule has 0 bridgehead atoms. The number of anilines is 1. The van der Waals surface area contributed by atoms with Crippen LogP contribution >= 0.6 is 0 Å². The molecule has 172 valence electrons. The number of carbonyl (C=O) groups is 1. The number of hydrogen-bond donors (Lipinski definition) is 2. The van der Waals surface area contributed by atoms with Gasteiger partial charge in [-0.05, 0) is 41.0 Å². The van der Waals surface area contributed by atoms with Crippen molar-refractivity contribution in [1.82, 2.24) is 5.48 Å². The van der Waals surface area contributed by atoms with Gasteiger partial charge in [0.05, 0.1) is 19.9 Å². The first-order chi connectivity index (χ1) is 15.8. The van der Waals surface area contributed by atoms with Gasteiger partial charge in [-0.2, -0.15) is 0 Å². The van der Waals surface area contributed by atoms with E-state index in [2.05, 4.69) is 0 Å². The molecule has 0 heterocycles. The van der Waals surface area contributed by atoms with Gasteiger partial charge in [-0.1, -0.05) is 42.5 Å². The van der Waals surface area contributed by atoms with E-state index in [1.165, 1.54) is 39.5 Å². The normalized spacial score (nSPS) is 11.6. The maximum atomic E-state index is 13.4. The van der Waals surface area contributed by atoms with Crippen LogP contribution in [0.25, 0.3) is 5.57 Å². The number of methoxy groups -OCH3 is 2. The van der Waals surface area contributed by atoms with Gasteiger partial charge in [0.1, 0.15) is 16.4 Å². The number of hydrogen-bond acceptors (Lipinski definition) is 6. The number of nitrogens with one attached hydrogen (secondary N) is 1. The Labute approximate surface area is 192 Å². The van der Waals surface area contributed by atoms with Gasteiger partial charge in [-0.25, -0.2) is 13.9 Å². The van der Waals surface area contributed by atoms with E-state index in [1.54, 1.807) is 35.8 Å². The van der Waals surface area contributed by atoms with Crippen molar-refractivity contribution < 1.29 is 27.9 Å². The summed E-state index contributed by atoms with van der Waals surface area (Å²) in [6.45, 7) is 0. The van der Waals surface area contributed by atoms with Crippen molar-refractivity contribution in [3.63, 3.8) is 0 Å². The lowest BCUT2D eigenvalue weighted by molar-refractivity contribution is -0.124. The molecule has 0 aromatic heterocycles. The number of hydroxylamine groups is 1. The van der Waals surface area contributed by atoms with E-state index < -0.39 is 15.9 Å². The second-order valence-corrected chi connectivity index (χ2v) is 8.88. The van der Waals surface area contributed by atoms with Crippen molar-refractivity contribution in [2.75, 3.05) is 25.6 Å². The largest absolute Gasteiger partial charge is 0.497 e. The van der Waals surface area contributed by atoms with E-state index in [-0.39, 0.29) is 10.6 Å². The zero-order valence-electron chi connectivity index (χ0n) is 18.3. The zero-order chi connectivity index (χ0) is 24.0. The van der Waals surface area contributed by atoms with Crippen LogP contribution in [0.3, 0.4) is 0 Å². The number of amides is 1. The summed E-state index contributed by atoms with van der Waals surface area (Å²) in [5, 5.41) is 8.99. The number of benzene rings is 3. The van der Waals surface area contributed by atoms with E-state index in [9.17, 15) is 13.2 Å². The van der Waals surface area contributed by atoms with Crippen LogP contribution in [0.2, 0.25) is 0 Å². The molecule has 0 unspecified atom stereocenters. The lowest BCUT2D eigenvalue weighted by atomic mass is 9.97. The highest BCUT2D eigenvalue weighted by Crippen LogP contribution is 2.33. The minimum atomic E-state index is -4.01. The molecule has 0 radical (unpaired) electrons. The maximum Gasteiger partial charge on any atom is 0.267 e. The summed E-state index contributed by atoms with van der Waals surface area (Å²) in [4.78, 5) is 11.8. The summed E-state index contributed by atoms with van der Waals surface area (Å²) in [6, 6.07) is 20.4. The third-order valence-corrected chi connectivity index (χ3v) is 6.81. The van der Waals surface area contributed by atoms with Crippen LogP contribution < -0.4 is 19.3 Å². The molecule has 2 N–H and O–H groups in total. The summed E-state index contributed by atoms with van der Waals surface area (Å²) in [5.41, 5.74) is 3.77.